The lowest BCUT2D eigenvalue weighted by Crippen LogP contribution is -2.44. The molecule has 0 bridgehead atoms. The molecule has 240 valence electrons. The summed E-state index contributed by atoms with van der Waals surface area (Å²) in [7, 11) is 1.60. The van der Waals surface area contributed by atoms with E-state index >= 15 is 0 Å². The fourth-order valence-electron chi connectivity index (χ4n) is 7.43. The highest BCUT2D eigenvalue weighted by molar-refractivity contribution is 6.32. The van der Waals surface area contributed by atoms with Crippen LogP contribution < -0.4 is 9.47 Å². The Labute approximate surface area is 278 Å². The van der Waals surface area contributed by atoms with Crippen molar-refractivity contribution in [1.29, 1.82) is 0 Å². The number of Topliss-reactive ketones (excluding diaryl/α,β-unsaturated/α-hetero) is 2. The molecular weight excluding hydrogens is 594 g/mol. The topological polar surface area (TPSA) is 55.8 Å². The van der Waals surface area contributed by atoms with Crippen LogP contribution in [0.3, 0.4) is 0 Å². The molecule has 3 aliphatic rings. The van der Waals surface area contributed by atoms with Crippen molar-refractivity contribution in [3.8, 4) is 11.5 Å². The number of rotatable bonds is 7. The number of carbonyl (C=O) groups is 2. The SMILES string of the molecule is COc1cc(C2C3=C(CC(C)(C)CC3=O)N(Cc3ccccc3)C3=C2C(=O)CC(C)(C)C3)cc(Cl)c1OCc1ccc(C)c(C)c1. The van der Waals surface area contributed by atoms with Crippen LogP contribution in [-0.2, 0) is 22.7 Å². The van der Waals surface area contributed by atoms with Crippen molar-refractivity contribution in [2.75, 3.05) is 7.11 Å². The van der Waals surface area contributed by atoms with Crippen LogP contribution in [0, 0.1) is 24.7 Å². The van der Waals surface area contributed by atoms with Crippen LogP contribution in [-0.4, -0.2) is 23.6 Å². The van der Waals surface area contributed by atoms with Gasteiger partial charge in [-0.3, -0.25) is 9.59 Å². The van der Waals surface area contributed by atoms with E-state index in [9.17, 15) is 9.59 Å². The van der Waals surface area contributed by atoms with Gasteiger partial charge in [0.2, 0.25) is 0 Å². The summed E-state index contributed by atoms with van der Waals surface area (Å²) in [6.45, 7) is 13.7. The van der Waals surface area contributed by atoms with Crippen molar-refractivity contribution in [2.45, 2.75) is 86.3 Å². The van der Waals surface area contributed by atoms with Crippen molar-refractivity contribution in [1.82, 2.24) is 4.90 Å². The minimum absolute atomic E-state index is 0.0867. The maximum atomic E-state index is 14.2. The van der Waals surface area contributed by atoms with Gasteiger partial charge in [0.1, 0.15) is 6.61 Å². The maximum absolute atomic E-state index is 14.2. The first-order valence-corrected chi connectivity index (χ1v) is 16.5. The summed E-state index contributed by atoms with van der Waals surface area (Å²) in [4.78, 5) is 30.8. The number of carbonyl (C=O) groups excluding carboxylic acids is 2. The van der Waals surface area contributed by atoms with Gasteiger partial charge in [-0.2, -0.15) is 0 Å². The third-order valence-electron chi connectivity index (χ3n) is 9.74. The second kappa shape index (κ2) is 12.1. The van der Waals surface area contributed by atoms with E-state index in [1.165, 1.54) is 11.1 Å². The molecule has 0 saturated carbocycles. The zero-order valence-electron chi connectivity index (χ0n) is 28.1. The largest absolute Gasteiger partial charge is 0.493 e. The number of halogens is 1. The molecule has 0 aromatic heterocycles. The molecule has 0 radical (unpaired) electrons. The van der Waals surface area contributed by atoms with E-state index in [0.29, 0.717) is 53.7 Å². The van der Waals surface area contributed by atoms with E-state index in [-0.39, 0.29) is 22.4 Å². The first-order valence-electron chi connectivity index (χ1n) is 16.2. The molecule has 3 aromatic rings. The summed E-state index contributed by atoms with van der Waals surface area (Å²) in [6, 6.07) is 20.3. The van der Waals surface area contributed by atoms with E-state index in [4.69, 9.17) is 21.1 Å². The highest BCUT2D eigenvalue weighted by atomic mass is 35.5. The first-order chi connectivity index (χ1) is 21.8. The Hall–Kier alpha value is -3.83. The maximum Gasteiger partial charge on any atom is 0.180 e. The summed E-state index contributed by atoms with van der Waals surface area (Å²) < 4.78 is 12.1. The predicted octanol–water partition coefficient (Wildman–Crippen LogP) is 9.43. The van der Waals surface area contributed by atoms with E-state index in [1.54, 1.807) is 7.11 Å². The first kappa shape index (κ1) is 32.1. The highest BCUT2D eigenvalue weighted by Crippen LogP contribution is 2.55. The molecule has 5 nitrogen and oxygen atoms in total. The molecule has 0 spiro atoms. The second-order valence-electron chi connectivity index (χ2n) is 14.8. The molecule has 0 saturated heterocycles. The monoisotopic (exact) mass is 637 g/mol. The minimum atomic E-state index is -0.524. The summed E-state index contributed by atoms with van der Waals surface area (Å²) in [5.41, 5.74) is 8.42. The number of aryl methyl sites for hydroxylation is 2. The van der Waals surface area contributed by atoms with Crippen LogP contribution in [0.15, 0.2) is 83.2 Å². The summed E-state index contributed by atoms with van der Waals surface area (Å²) in [5.74, 6) is 0.578. The summed E-state index contributed by atoms with van der Waals surface area (Å²) in [6.07, 6.45) is 2.33. The normalized spacial score (nSPS) is 19.3. The Bertz CT molecular complexity index is 1730. The van der Waals surface area contributed by atoms with E-state index < -0.39 is 5.92 Å². The number of methoxy groups -OCH3 is 1. The number of ketones is 2. The molecule has 0 amide bonds. The van der Waals surface area contributed by atoms with Gasteiger partial charge >= 0.3 is 0 Å². The molecule has 2 aliphatic carbocycles. The van der Waals surface area contributed by atoms with Crippen molar-refractivity contribution >= 4 is 23.2 Å². The van der Waals surface area contributed by atoms with Crippen molar-refractivity contribution in [3.63, 3.8) is 0 Å². The average molecular weight is 638 g/mol. The van der Waals surface area contributed by atoms with Crippen molar-refractivity contribution in [2.24, 2.45) is 10.8 Å². The molecule has 1 aliphatic heterocycles. The van der Waals surface area contributed by atoms with Crippen LogP contribution in [0.1, 0.15) is 87.1 Å². The van der Waals surface area contributed by atoms with Crippen LogP contribution in [0.4, 0.5) is 0 Å². The summed E-state index contributed by atoms with van der Waals surface area (Å²) >= 11 is 6.99. The Morgan fingerprint density at radius 2 is 1.39 bits per heavy atom. The van der Waals surface area contributed by atoms with Gasteiger partial charge in [0.25, 0.3) is 0 Å². The quantitative estimate of drug-likeness (QED) is 0.258. The van der Waals surface area contributed by atoms with Crippen LogP contribution >= 0.6 is 11.6 Å². The lowest BCUT2D eigenvalue weighted by molar-refractivity contribution is -0.119. The highest BCUT2D eigenvalue weighted by Gasteiger charge is 2.49. The fraction of sp³-hybridized carbons (Fsp3) is 0.400. The molecule has 0 atom stereocenters. The van der Waals surface area contributed by atoms with Gasteiger partial charge < -0.3 is 14.4 Å². The molecule has 1 heterocycles. The van der Waals surface area contributed by atoms with E-state index in [2.05, 4.69) is 76.8 Å². The number of allylic oxidation sites excluding steroid dienone is 4. The number of nitrogens with zero attached hydrogens (tertiary/aromatic N) is 1. The van der Waals surface area contributed by atoms with Gasteiger partial charge in [0.05, 0.1) is 12.1 Å². The zero-order valence-corrected chi connectivity index (χ0v) is 28.8. The number of hydrogen-bond donors (Lipinski definition) is 0. The van der Waals surface area contributed by atoms with E-state index in [0.717, 1.165) is 40.9 Å². The third-order valence-corrected chi connectivity index (χ3v) is 10.0. The predicted molar refractivity (Wildman–Crippen MR) is 183 cm³/mol. The van der Waals surface area contributed by atoms with Gasteiger partial charge in [0, 0.05) is 47.8 Å². The van der Waals surface area contributed by atoms with Crippen LogP contribution in [0.2, 0.25) is 5.02 Å². The van der Waals surface area contributed by atoms with Gasteiger partial charge in [-0.05, 0) is 77.5 Å². The summed E-state index contributed by atoms with van der Waals surface area (Å²) in [5, 5.41) is 0.390. The molecule has 6 rings (SSSR count). The molecule has 0 unspecified atom stereocenters. The van der Waals surface area contributed by atoms with E-state index in [1.807, 2.05) is 30.3 Å². The average Bonchev–Trinajstić information content (AvgIpc) is 2.98. The number of hydrogen-bond acceptors (Lipinski definition) is 5. The lowest BCUT2D eigenvalue weighted by atomic mass is 9.63. The lowest BCUT2D eigenvalue weighted by Gasteiger charge is -2.49. The van der Waals surface area contributed by atoms with Gasteiger partial charge in [0.15, 0.2) is 23.1 Å². The Morgan fingerprint density at radius 1 is 0.783 bits per heavy atom. The smallest absolute Gasteiger partial charge is 0.180 e. The van der Waals surface area contributed by atoms with Crippen LogP contribution in [0.5, 0.6) is 11.5 Å². The van der Waals surface area contributed by atoms with Gasteiger partial charge in [-0.15, -0.1) is 0 Å². The molecule has 0 fully saturated rings. The Morgan fingerprint density at radius 3 is 1.96 bits per heavy atom. The molecule has 46 heavy (non-hydrogen) atoms. The minimum Gasteiger partial charge on any atom is -0.493 e. The molecule has 3 aromatic carbocycles. The Kier molecular flexibility index (Phi) is 8.43. The molecule has 6 heteroatoms. The number of ether oxygens (including phenoxy) is 2. The Balaban J connectivity index is 1.49. The molecular formula is C40H44ClNO4. The van der Waals surface area contributed by atoms with Crippen molar-refractivity contribution in [3.05, 3.63) is 116 Å². The number of benzene rings is 3. The fourth-order valence-corrected chi connectivity index (χ4v) is 7.71. The van der Waals surface area contributed by atoms with Crippen LogP contribution in [0.25, 0.3) is 0 Å². The standard InChI is InChI=1S/C40H44ClNO4/c1-24-13-14-27(15-25(24)2)23-46-38-29(41)16-28(17-34(38)45-7)35-36-30(18-39(3,4)20-32(36)43)42(22-26-11-9-8-10-12-26)31-19-40(5,6)21-33(44)37(31)35/h8-17,35H,18-23H2,1-7H3. The van der Waals surface area contributed by atoms with Gasteiger partial charge in [-0.25, -0.2) is 0 Å². The van der Waals surface area contributed by atoms with Gasteiger partial charge in [-0.1, -0.05) is 87.8 Å². The third kappa shape index (κ3) is 6.14. The van der Waals surface area contributed by atoms with Crippen molar-refractivity contribution < 1.29 is 19.1 Å². The zero-order chi connectivity index (χ0) is 33.0. The second-order valence-corrected chi connectivity index (χ2v) is 15.3. The molecule has 0 N–H and O–H groups in total.